The maximum absolute atomic E-state index is 17.0. The summed E-state index contributed by atoms with van der Waals surface area (Å²) >= 11 is 0. The SMILES string of the molecule is C#Cc1c(F)ccc2cc(O)cc(-c3nc4c5c(nc(OC[C@@]67CCCN6C[C@H](F)C7)nc5c3F)N3CCOCC(F)N3CCO4)c12. The van der Waals surface area contributed by atoms with Crippen molar-refractivity contribution in [1.29, 1.82) is 0 Å². The lowest BCUT2D eigenvalue weighted by Crippen LogP contribution is -2.50. The summed E-state index contributed by atoms with van der Waals surface area (Å²) in [5, 5.41) is 14.2. The van der Waals surface area contributed by atoms with Crippen molar-refractivity contribution in [2.75, 3.05) is 57.6 Å². The van der Waals surface area contributed by atoms with E-state index >= 15 is 8.78 Å². The lowest BCUT2D eigenvalue weighted by atomic mass is 9.95. The Kier molecular flexibility index (Phi) is 7.23. The molecule has 0 aliphatic carbocycles. The number of rotatable bonds is 4. The van der Waals surface area contributed by atoms with Crippen LogP contribution in [0.25, 0.3) is 32.9 Å². The molecule has 0 radical (unpaired) electrons. The van der Waals surface area contributed by atoms with Crippen LogP contribution >= 0.6 is 0 Å². The summed E-state index contributed by atoms with van der Waals surface area (Å²) in [4.78, 5) is 15.7. The second-order valence-corrected chi connectivity index (χ2v) is 12.3. The van der Waals surface area contributed by atoms with Crippen molar-refractivity contribution in [3.8, 4) is 41.2 Å². The minimum absolute atomic E-state index is 0.0189. The zero-order valence-electron chi connectivity index (χ0n) is 25.2. The van der Waals surface area contributed by atoms with Crippen LogP contribution in [0, 0.1) is 24.0 Å². The number of phenols is 1. The van der Waals surface area contributed by atoms with Gasteiger partial charge < -0.3 is 19.3 Å². The van der Waals surface area contributed by atoms with Crippen molar-refractivity contribution in [1.82, 2.24) is 24.9 Å². The van der Waals surface area contributed by atoms with Gasteiger partial charge in [-0.25, -0.2) is 22.5 Å². The van der Waals surface area contributed by atoms with Crippen LogP contribution in [0.1, 0.15) is 24.8 Å². The molecular formula is C33H30F4N6O4. The van der Waals surface area contributed by atoms with Crippen molar-refractivity contribution in [3.05, 3.63) is 41.5 Å². The van der Waals surface area contributed by atoms with E-state index in [-0.39, 0.29) is 96.1 Å². The van der Waals surface area contributed by atoms with Crippen LogP contribution in [0.3, 0.4) is 0 Å². The minimum Gasteiger partial charge on any atom is -0.508 e. The van der Waals surface area contributed by atoms with Gasteiger partial charge in [-0.1, -0.05) is 12.0 Å². The largest absolute Gasteiger partial charge is 0.508 e. The second kappa shape index (κ2) is 11.4. The van der Waals surface area contributed by atoms with Crippen molar-refractivity contribution in [2.45, 2.75) is 37.3 Å². The average molecular weight is 651 g/mol. The van der Waals surface area contributed by atoms with E-state index in [9.17, 15) is 13.9 Å². The quantitative estimate of drug-likeness (QED) is 0.193. The highest BCUT2D eigenvalue weighted by Crippen LogP contribution is 2.44. The number of hydrogen-bond acceptors (Lipinski definition) is 10. The molecule has 0 bridgehead atoms. The molecule has 3 saturated heterocycles. The Morgan fingerprint density at radius 3 is 2.81 bits per heavy atom. The predicted molar refractivity (Wildman–Crippen MR) is 164 cm³/mol. The van der Waals surface area contributed by atoms with Gasteiger partial charge in [-0.15, -0.1) is 6.42 Å². The van der Waals surface area contributed by atoms with Gasteiger partial charge >= 0.3 is 6.01 Å². The predicted octanol–water partition coefficient (Wildman–Crippen LogP) is 4.51. The normalized spacial score (nSPS) is 24.7. The van der Waals surface area contributed by atoms with Crippen LogP contribution in [-0.4, -0.2) is 101 Å². The third kappa shape index (κ3) is 4.87. The maximum atomic E-state index is 17.0. The smallest absolute Gasteiger partial charge is 0.319 e. The molecule has 0 saturated carbocycles. The van der Waals surface area contributed by atoms with E-state index in [2.05, 4.69) is 25.8 Å². The van der Waals surface area contributed by atoms with Crippen molar-refractivity contribution in [3.63, 3.8) is 0 Å². The number of phenolic OH excluding ortho intramolecular Hbond substituents is 1. The summed E-state index contributed by atoms with van der Waals surface area (Å²) in [5.41, 5.74) is -1.21. The molecule has 10 nitrogen and oxygen atoms in total. The van der Waals surface area contributed by atoms with Crippen LogP contribution < -0.4 is 14.5 Å². The van der Waals surface area contributed by atoms with Crippen LogP contribution in [0.4, 0.5) is 23.4 Å². The first-order valence-corrected chi connectivity index (χ1v) is 15.5. The zero-order chi connectivity index (χ0) is 32.4. The van der Waals surface area contributed by atoms with Crippen molar-refractivity contribution < 1.29 is 36.9 Å². The summed E-state index contributed by atoms with van der Waals surface area (Å²) in [6.45, 7) is 1.34. The van der Waals surface area contributed by atoms with Gasteiger partial charge in [0.2, 0.25) is 5.88 Å². The summed E-state index contributed by atoms with van der Waals surface area (Å²) in [6, 6.07) is 5.03. The zero-order valence-corrected chi connectivity index (χ0v) is 25.2. The molecule has 4 aromatic rings. The van der Waals surface area contributed by atoms with Gasteiger partial charge in [0.25, 0.3) is 0 Å². The Balaban J connectivity index is 1.35. The number of aromatic nitrogens is 3. The highest BCUT2D eigenvalue weighted by atomic mass is 19.1. The minimum atomic E-state index is -1.55. The highest BCUT2D eigenvalue weighted by Gasteiger charge is 2.49. The lowest BCUT2D eigenvalue weighted by Gasteiger charge is -2.37. The van der Waals surface area contributed by atoms with Gasteiger partial charge in [0.1, 0.15) is 47.5 Å². The summed E-state index contributed by atoms with van der Waals surface area (Å²) in [6.07, 6.45) is 5.07. The highest BCUT2D eigenvalue weighted by molar-refractivity contribution is 6.04. The number of hydrogen-bond donors (Lipinski definition) is 1. The van der Waals surface area contributed by atoms with Crippen LogP contribution in [-0.2, 0) is 4.74 Å². The molecule has 4 aliphatic rings. The number of pyridine rings is 1. The number of ether oxygens (including phenoxy) is 3. The molecule has 2 aromatic carbocycles. The number of terminal acetylenes is 1. The van der Waals surface area contributed by atoms with E-state index in [0.717, 1.165) is 19.4 Å². The molecule has 3 fully saturated rings. The van der Waals surface area contributed by atoms with Crippen molar-refractivity contribution in [2.24, 2.45) is 0 Å². The molecule has 0 spiro atoms. The van der Waals surface area contributed by atoms with E-state index in [1.54, 1.807) is 5.01 Å². The van der Waals surface area contributed by atoms with Crippen LogP contribution in [0.5, 0.6) is 17.6 Å². The summed E-state index contributed by atoms with van der Waals surface area (Å²) in [7, 11) is 0. The number of alkyl halides is 2. The molecule has 1 unspecified atom stereocenters. The second-order valence-electron chi connectivity index (χ2n) is 12.3. The molecule has 244 valence electrons. The first-order chi connectivity index (χ1) is 22.8. The number of benzene rings is 2. The number of nitrogens with zero attached hydrogens (tertiary/aromatic N) is 6. The van der Waals surface area contributed by atoms with Gasteiger partial charge in [-0.3, -0.25) is 9.91 Å². The molecule has 6 heterocycles. The molecule has 14 heteroatoms. The van der Waals surface area contributed by atoms with E-state index < -0.39 is 29.6 Å². The van der Waals surface area contributed by atoms with Gasteiger partial charge in [0.15, 0.2) is 17.9 Å². The monoisotopic (exact) mass is 650 g/mol. The third-order valence-electron chi connectivity index (χ3n) is 9.53. The standard InChI is InChI=1S/C33H30F4N6O4/c1-2-21-23(35)5-4-18-12-20(44)13-22(25(18)21)28-27(37)29-26-30(43-8-10-45-16-24(36)42(43)9-11-46-31(26)38-28)40-32(39-29)47-17-33-6-3-7-41(33)15-19(34)14-33/h1,4-5,12-13,19,24,44H,3,6-11,14-17H2/t19-,24?,33+/m1/s1. The van der Waals surface area contributed by atoms with Gasteiger partial charge in [-0.05, 0) is 43.0 Å². The Bertz CT molecular complexity index is 1960. The molecule has 1 N–H and O–H groups in total. The fraction of sp³-hybridized carbons (Fsp3) is 0.424. The number of fused-ring (bicyclic) bond motifs is 4. The Hall–Kier alpha value is -4.45. The van der Waals surface area contributed by atoms with Crippen molar-refractivity contribution >= 4 is 27.5 Å². The van der Waals surface area contributed by atoms with E-state index in [1.807, 2.05) is 0 Å². The first kappa shape index (κ1) is 29.9. The molecule has 3 atom stereocenters. The van der Waals surface area contributed by atoms with Gasteiger partial charge in [0, 0.05) is 23.9 Å². The Morgan fingerprint density at radius 2 is 1.96 bits per heavy atom. The van der Waals surface area contributed by atoms with Crippen LogP contribution in [0.2, 0.25) is 0 Å². The molecule has 2 aromatic heterocycles. The molecular weight excluding hydrogens is 620 g/mol. The molecule has 4 aliphatic heterocycles. The Labute approximate surface area is 266 Å². The summed E-state index contributed by atoms with van der Waals surface area (Å²) in [5.74, 6) is 0.504. The number of anilines is 1. The van der Waals surface area contributed by atoms with Crippen LogP contribution in [0.15, 0.2) is 24.3 Å². The first-order valence-electron chi connectivity index (χ1n) is 15.5. The number of halogens is 4. The molecule has 47 heavy (non-hydrogen) atoms. The van der Waals surface area contributed by atoms with E-state index in [4.69, 9.17) is 20.6 Å². The van der Waals surface area contributed by atoms with Gasteiger partial charge in [0.05, 0.1) is 37.4 Å². The molecule has 0 amide bonds. The fourth-order valence-corrected chi connectivity index (χ4v) is 7.46. The Morgan fingerprint density at radius 1 is 1.09 bits per heavy atom. The van der Waals surface area contributed by atoms with Gasteiger partial charge in [-0.2, -0.15) is 15.0 Å². The summed E-state index contributed by atoms with van der Waals surface area (Å²) < 4.78 is 79.5. The number of hydrazine groups is 1. The maximum Gasteiger partial charge on any atom is 0.319 e. The topological polar surface area (TPSA) is 96.3 Å². The van der Waals surface area contributed by atoms with E-state index in [1.165, 1.54) is 29.3 Å². The average Bonchev–Trinajstić information content (AvgIpc) is 3.51. The molecule has 8 rings (SSSR count). The van der Waals surface area contributed by atoms with E-state index in [0.29, 0.717) is 18.4 Å². The third-order valence-corrected chi connectivity index (χ3v) is 9.53. The number of aromatic hydroxyl groups is 1. The lowest BCUT2D eigenvalue weighted by molar-refractivity contribution is 0.0138. The fourth-order valence-electron chi connectivity index (χ4n) is 7.46.